The fourth-order valence-electron chi connectivity index (χ4n) is 2.86. The van der Waals surface area contributed by atoms with E-state index < -0.39 is 11.7 Å². The number of rotatable bonds is 3. The lowest BCUT2D eigenvalue weighted by Gasteiger charge is -2.36. The van der Waals surface area contributed by atoms with Gasteiger partial charge in [-0.3, -0.25) is 0 Å². The molecule has 2 N–H and O–H groups in total. The molecule has 0 amide bonds. The van der Waals surface area contributed by atoms with Crippen LogP contribution in [0.2, 0.25) is 0 Å². The number of hydrogen-bond donors (Lipinski definition) is 2. The van der Waals surface area contributed by atoms with Gasteiger partial charge in [0.15, 0.2) is 0 Å². The molecule has 0 aliphatic heterocycles. The molecule has 1 aliphatic rings. The van der Waals surface area contributed by atoms with Gasteiger partial charge in [-0.1, -0.05) is 31.4 Å². The van der Waals surface area contributed by atoms with Crippen LogP contribution in [0.1, 0.15) is 37.1 Å². The first-order valence-corrected chi connectivity index (χ1v) is 7.74. The average molecular weight is 277 g/mol. The summed E-state index contributed by atoms with van der Waals surface area (Å²) in [5, 5.41) is 21.7. The van der Waals surface area contributed by atoms with E-state index in [1.165, 1.54) is 0 Å². The molecular weight excluding hydrogens is 258 g/mol. The van der Waals surface area contributed by atoms with Gasteiger partial charge in [-0.15, -0.1) is 11.3 Å². The summed E-state index contributed by atoms with van der Waals surface area (Å²) in [6, 6.07) is 7.99. The maximum Gasteiger partial charge on any atom is 0.0965 e. The summed E-state index contributed by atoms with van der Waals surface area (Å²) >= 11 is 1.61. The number of benzene rings is 1. The highest BCUT2D eigenvalue weighted by atomic mass is 32.1. The third-order valence-corrected chi connectivity index (χ3v) is 5.10. The molecule has 4 heteroatoms. The van der Waals surface area contributed by atoms with Crippen LogP contribution in [0.15, 0.2) is 24.3 Å². The number of thiazole rings is 1. The molecule has 0 bridgehead atoms. The van der Waals surface area contributed by atoms with Crippen molar-refractivity contribution in [2.45, 2.75) is 50.2 Å². The van der Waals surface area contributed by atoms with E-state index in [1.54, 1.807) is 11.3 Å². The van der Waals surface area contributed by atoms with Crippen molar-refractivity contribution in [1.29, 1.82) is 0 Å². The summed E-state index contributed by atoms with van der Waals surface area (Å²) in [7, 11) is 0. The van der Waals surface area contributed by atoms with Gasteiger partial charge < -0.3 is 10.2 Å². The zero-order valence-corrected chi connectivity index (χ0v) is 11.7. The van der Waals surface area contributed by atoms with Gasteiger partial charge in [0.2, 0.25) is 0 Å². The van der Waals surface area contributed by atoms with Gasteiger partial charge in [-0.05, 0) is 25.0 Å². The maximum atomic E-state index is 10.5. The smallest absolute Gasteiger partial charge is 0.0965 e. The van der Waals surface area contributed by atoms with Gasteiger partial charge in [0, 0.05) is 6.42 Å². The van der Waals surface area contributed by atoms with Crippen LogP contribution in [0, 0.1) is 0 Å². The summed E-state index contributed by atoms with van der Waals surface area (Å²) in [5.74, 6) is 0. The number of aromatic nitrogens is 1. The molecule has 3 nitrogen and oxygen atoms in total. The summed E-state index contributed by atoms with van der Waals surface area (Å²) in [5.41, 5.74) is 0.0705. The molecule has 102 valence electrons. The molecule has 1 aromatic carbocycles. The second kappa shape index (κ2) is 5.19. The van der Waals surface area contributed by atoms with Gasteiger partial charge in [0.05, 0.1) is 26.9 Å². The van der Waals surface area contributed by atoms with Crippen LogP contribution in [0.25, 0.3) is 10.2 Å². The second-order valence-corrected chi connectivity index (χ2v) is 6.57. The van der Waals surface area contributed by atoms with Crippen LogP contribution in [0.4, 0.5) is 0 Å². The van der Waals surface area contributed by atoms with Crippen molar-refractivity contribution in [2.75, 3.05) is 0 Å². The van der Waals surface area contributed by atoms with E-state index in [9.17, 15) is 10.2 Å². The zero-order valence-electron chi connectivity index (χ0n) is 10.9. The Morgan fingerprint density at radius 1 is 1.21 bits per heavy atom. The van der Waals surface area contributed by atoms with Crippen molar-refractivity contribution in [3.8, 4) is 0 Å². The highest BCUT2D eigenvalue weighted by Crippen LogP contribution is 2.33. The number of aliphatic hydroxyl groups is 2. The molecule has 1 atom stereocenters. The number of para-hydroxylation sites is 1. The maximum absolute atomic E-state index is 10.5. The molecule has 0 spiro atoms. The number of nitrogens with zero attached hydrogens (tertiary/aromatic N) is 1. The predicted octanol–water partition coefficient (Wildman–Crippen LogP) is 2.89. The summed E-state index contributed by atoms with van der Waals surface area (Å²) < 4.78 is 1.14. The van der Waals surface area contributed by atoms with Crippen LogP contribution in [0.3, 0.4) is 0 Å². The quantitative estimate of drug-likeness (QED) is 0.907. The Kier molecular flexibility index (Phi) is 3.56. The normalized spacial score (nSPS) is 20.5. The molecule has 0 saturated heterocycles. The lowest BCUT2D eigenvalue weighted by molar-refractivity contribution is -0.0960. The molecular formula is C15H19NO2S. The Morgan fingerprint density at radius 3 is 2.68 bits per heavy atom. The third kappa shape index (κ3) is 2.66. The average Bonchev–Trinajstić information content (AvgIpc) is 2.81. The van der Waals surface area contributed by atoms with Gasteiger partial charge >= 0.3 is 0 Å². The van der Waals surface area contributed by atoms with Crippen molar-refractivity contribution >= 4 is 21.6 Å². The molecule has 1 heterocycles. The van der Waals surface area contributed by atoms with Crippen LogP contribution in [0.5, 0.6) is 0 Å². The van der Waals surface area contributed by atoms with Crippen molar-refractivity contribution in [2.24, 2.45) is 0 Å². The first kappa shape index (κ1) is 13.0. The summed E-state index contributed by atoms with van der Waals surface area (Å²) in [4.78, 5) is 4.53. The first-order chi connectivity index (χ1) is 9.17. The summed E-state index contributed by atoms with van der Waals surface area (Å²) in [6.07, 6.45) is 4.35. The molecule has 1 saturated carbocycles. The highest BCUT2D eigenvalue weighted by molar-refractivity contribution is 7.18. The first-order valence-electron chi connectivity index (χ1n) is 6.92. The Hall–Kier alpha value is -0.970. The third-order valence-electron chi connectivity index (χ3n) is 4.05. The van der Waals surface area contributed by atoms with Crippen molar-refractivity contribution in [1.82, 2.24) is 4.98 Å². The van der Waals surface area contributed by atoms with Crippen molar-refractivity contribution in [3.05, 3.63) is 29.3 Å². The van der Waals surface area contributed by atoms with E-state index in [0.717, 1.165) is 34.5 Å². The SMILES string of the molecule is OC(Cc1nc2ccccc2s1)C1(O)CCCCC1. The molecule has 1 aromatic heterocycles. The monoisotopic (exact) mass is 277 g/mol. The second-order valence-electron chi connectivity index (χ2n) is 5.46. The van der Waals surface area contributed by atoms with E-state index in [0.29, 0.717) is 19.3 Å². The topological polar surface area (TPSA) is 53.4 Å². The molecule has 1 aliphatic carbocycles. The highest BCUT2D eigenvalue weighted by Gasteiger charge is 2.37. The molecule has 19 heavy (non-hydrogen) atoms. The minimum atomic E-state index is -0.907. The minimum Gasteiger partial charge on any atom is -0.390 e. The van der Waals surface area contributed by atoms with E-state index in [1.807, 2.05) is 24.3 Å². The molecule has 0 radical (unpaired) electrons. The van der Waals surface area contributed by atoms with Crippen molar-refractivity contribution < 1.29 is 10.2 Å². The largest absolute Gasteiger partial charge is 0.390 e. The van der Waals surface area contributed by atoms with Gasteiger partial charge in [-0.25, -0.2) is 4.98 Å². The summed E-state index contributed by atoms with van der Waals surface area (Å²) in [6.45, 7) is 0. The van der Waals surface area contributed by atoms with Crippen molar-refractivity contribution in [3.63, 3.8) is 0 Å². The van der Waals surface area contributed by atoms with Crippen LogP contribution >= 0.6 is 11.3 Å². The Morgan fingerprint density at radius 2 is 1.95 bits per heavy atom. The Labute approximate surface area is 116 Å². The van der Waals surface area contributed by atoms with E-state index in [-0.39, 0.29) is 0 Å². The molecule has 3 rings (SSSR count). The number of fused-ring (bicyclic) bond motifs is 1. The Balaban J connectivity index is 1.76. The fourth-order valence-corrected chi connectivity index (χ4v) is 3.86. The zero-order chi connectivity index (χ0) is 13.3. The van der Waals surface area contributed by atoms with E-state index in [4.69, 9.17) is 0 Å². The molecule has 2 aromatic rings. The number of aliphatic hydroxyl groups excluding tert-OH is 1. The fraction of sp³-hybridized carbons (Fsp3) is 0.533. The van der Waals surface area contributed by atoms with Gasteiger partial charge in [-0.2, -0.15) is 0 Å². The lowest BCUT2D eigenvalue weighted by Crippen LogP contribution is -2.45. The van der Waals surface area contributed by atoms with Crippen LogP contribution in [-0.2, 0) is 6.42 Å². The lowest BCUT2D eigenvalue weighted by atomic mass is 9.80. The standard InChI is InChI=1S/C15H19NO2S/c17-13(15(18)8-4-1-5-9-15)10-14-16-11-6-2-3-7-12(11)19-14/h2-3,6-7,13,17-18H,1,4-5,8-10H2. The van der Waals surface area contributed by atoms with Gasteiger partial charge in [0.25, 0.3) is 0 Å². The molecule has 1 unspecified atom stereocenters. The number of hydrogen-bond acceptors (Lipinski definition) is 4. The van der Waals surface area contributed by atoms with Gasteiger partial charge in [0.1, 0.15) is 0 Å². The van der Waals surface area contributed by atoms with E-state index in [2.05, 4.69) is 4.98 Å². The molecule has 1 fully saturated rings. The van der Waals surface area contributed by atoms with E-state index >= 15 is 0 Å². The predicted molar refractivity (Wildman–Crippen MR) is 77.4 cm³/mol. The Bertz CT molecular complexity index is 527. The van der Waals surface area contributed by atoms with Crippen LogP contribution < -0.4 is 0 Å². The van der Waals surface area contributed by atoms with Crippen LogP contribution in [-0.4, -0.2) is 26.9 Å². The minimum absolute atomic E-state index is 0.454.